The second-order valence-corrected chi connectivity index (χ2v) is 21.3. The zero-order valence-electron chi connectivity index (χ0n) is 15.9. The van der Waals surface area contributed by atoms with Crippen molar-refractivity contribution in [2.24, 2.45) is 0 Å². The van der Waals surface area contributed by atoms with Crippen LogP contribution < -0.4 is 14.5 Å². The maximum absolute atomic E-state index is 6.33. The topological polar surface area (TPSA) is 18.5 Å². The van der Waals surface area contributed by atoms with Crippen LogP contribution in [0.3, 0.4) is 0 Å². The van der Waals surface area contributed by atoms with Gasteiger partial charge in [0.1, 0.15) is 0 Å². The molecular formula is C16H31BO2SSi2. The fourth-order valence-electron chi connectivity index (χ4n) is 2.51. The molecule has 0 N–H and O–H groups in total. The molecule has 0 aliphatic carbocycles. The summed E-state index contributed by atoms with van der Waals surface area (Å²) in [6.07, 6.45) is 0. The van der Waals surface area contributed by atoms with Crippen LogP contribution in [0.5, 0.6) is 0 Å². The monoisotopic (exact) mass is 354 g/mol. The lowest BCUT2D eigenvalue weighted by atomic mass is 9.81. The summed E-state index contributed by atoms with van der Waals surface area (Å²) in [5.41, 5.74) is 0.769. The molecule has 0 radical (unpaired) electrons. The van der Waals surface area contributed by atoms with Gasteiger partial charge in [-0.2, -0.15) is 11.3 Å². The van der Waals surface area contributed by atoms with E-state index in [1.807, 2.05) is 11.3 Å². The molecule has 1 aliphatic rings. The summed E-state index contributed by atoms with van der Waals surface area (Å²) >= 11 is 2.02. The van der Waals surface area contributed by atoms with Crippen molar-refractivity contribution in [1.29, 1.82) is 0 Å². The zero-order chi connectivity index (χ0) is 17.1. The van der Waals surface area contributed by atoms with E-state index in [1.54, 1.807) is 9.00 Å². The molecule has 1 aromatic heterocycles. The summed E-state index contributed by atoms with van der Waals surface area (Å²) in [6.45, 7) is 23.0. The minimum absolute atomic E-state index is 0.215. The highest BCUT2D eigenvalue weighted by molar-refractivity contribution is 7.37. The average Bonchev–Trinajstić information content (AvgIpc) is 2.77. The third-order valence-electron chi connectivity index (χ3n) is 4.69. The van der Waals surface area contributed by atoms with Crippen molar-refractivity contribution in [1.82, 2.24) is 0 Å². The van der Waals surface area contributed by atoms with Gasteiger partial charge >= 0.3 is 7.12 Å². The second kappa shape index (κ2) is 5.31. The highest BCUT2D eigenvalue weighted by atomic mass is 32.1. The van der Waals surface area contributed by atoms with Crippen molar-refractivity contribution < 1.29 is 9.31 Å². The Bertz CT molecular complexity index is 552. The van der Waals surface area contributed by atoms with E-state index in [9.17, 15) is 0 Å². The number of rotatable bonds is 3. The SMILES string of the molecule is CC1(C)OB(c2cc([Si](C)(C)C)sc2[Si](C)(C)C)OC1(C)C. The van der Waals surface area contributed by atoms with E-state index >= 15 is 0 Å². The van der Waals surface area contributed by atoms with Crippen molar-refractivity contribution >= 4 is 49.1 Å². The Morgan fingerprint density at radius 1 is 0.864 bits per heavy atom. The standard InChI is InChI=1S/C16H31BO2SSi2/c1-15(2)16(3,4)19-17(18-15)12-11-13(21(5,6)7)20-14(12)22(8,9)10/h11H,1-10H3. The predicted octanol–water partition coefficient (Wildman–Crippen LogP) is 3.14. The van der Waals surface area contributed by atoms with Crippen LogP contribution in [0.25, 0.3) is 0 Å². The third-order valence-corrected chi connectivity index (χ3v) is 13.0. The van der Waals surface area contributed by atoms with E-state index in [0.29, 0.717) is 0 Å². The van der Waals surface area contributed by atoms with Crippen molar-refractivity contribution in [2.75, 3.05) is 0 Å². The Labute approximate surface area is 142 Å². The Morgan fingerprint density at radius 3 is 1.68 bits per heavy atom. The van der Waals surface area contributed by atoms with Gasteiger partial charge in [0.05, 0.1) is 27.3 Å². The molecule has 0 saturated carbocycles. The van der Waals surface area contributed by atoms with Gasteiger partial charge in [0.15, 0.2) is 0 Å². The summed E-state index contributed by atoms with van der Waals surface area (Å²) in [5, 5.41) is 0. The van der Waals surface area contributed by atoms with Gasteiger partial charge in [0.2, 0.25) is 0 Å². The molecule has 6 heteroatoms. The summed E-state index contributed by atoms with van der Waals surface area (Å²) in [7, 11) is -2.95. The van der Waals surface area contributed by atoms with E-state index < -0.39 is 16.1 Å². The summed E-state index contributed by atoms with van der Waals surface area (Å²) in [5.74, 6) is 0. The maximum Gasteiger partial charge on any atom is 0.495 e. The van der Waals surface area contributed by atoms with E-state index in [2.05, 4.69) is 73.0 Å². The van der Waals surface area contributed by atoms with Crippen LogP contribution in [0.4, 0.5) is 0 Å². The van der Waals surface area contributed by atoms with E-state index in [4.69, 9.17) is 9.31 Å². The van der Waals surface area contributed by atoms with Crippen molar-refractivity contribution in [3.63, 3.8) is 0 Å². The maximum atomic E-state index is 6.33. The van der Waals surface area contributed by atoms with Crippen LogP contribution in [-0.4, -0.2) is 34.5 Å². The lowest BCUT2D eigenvalue weighted by molar-refractivity contribution is 0.00578. The Hall–Kier alpha value is 0.119. The highest BCUT2D eigenvalue weighted by Gasteiger charge is 2.53. The molecule has 124 valence electrons. The van der Waals surface area contributed by atoms with E-state index in [0.717, 1.165) is 0 Å². The molecule has 1 saturated heterocycles. The van der Waals surface area contributed by atoms with Gasteiger partial charge in [-0.05, 0) is 42.2 Å². The van der Waals surface area contributed by atoms with Crippen LogP contribution in [0.1, 0.15) is 27.7 Å². The second-order valence-electron chi connectivity index (χ2n) is 9.48. The lowest BCUT2D eigenvalue weighted by Crippen LogP contribution is -2.51. The third kappa shape index (κ3) is 3.31. The minimum atomic E-state index is -1.42. The molecule has 1 aliphatic heterocycles. The van der Waals surface area contributed by atoms with Crippen molar-refractivity contribution in [2.45, 2.75) is 78.2 Å². The van der Waals surface area contributed by atoms with Crippen LogP contribution in [0, 0.1) is 0 Å². The Balaban J connectivity index is 2.50. The first-order valence-electron chi connectivity index (χ1n) is 8.15. The molecular weight excluding hydrogens is 323 g/mol. The summed E-state index contributed by atoms with van der Waals surface area (Å²) in [4.78, 5) is 0. The smallest absolute Gasteiger partial charge is 0.399 e. The average molecular weight is 354 g/mol. The Morgan fingerprint density at radius 2 is 1.32 bits per heavy atom. The van der Waals surface area contributed by atoms with Gasteiger partial charge in [0.25, 0.3) is 0 Å². The quantitative estimate of drug-likeness (QED) is 0.777. The fourth-order valence-corrected chi connectivity index (χ4v) is 8.22. The number of thiophene rings is 1. The van der Waals surface area contributed by atoms with Crippen molar-refractivity contribution in [3.8, 4) is 0 Å². The fraction of sp³-hybridized carbons (Fsp3) is 0.750. The van der Waals surface area contributed by atoms with Crippen LogP contribution in [0.15, 0.2) is 6.07 Å². The molecule has 2 rings (SSSR count). The van der Waals surface area contributed by atoms with E-state index in [-0.39, 0.29) is 18.3 Å². The first kappa shape index (κ1) is 18.5. The van der Waals surface area contributed by atoms with Gasteiger partial charge in [-0.15, -0.1) is 0 Å². The zero-order valence-corrected chi connectivity index (χ0v) is 18.7. The predicted molar refractivity (Wildman–Crippen MR) is 106 cm³/mol. The molecule has 0 bridgehead atoms. The molecule has 0 amide bonds. The van der Waals surface area contributed by atoms with Gasteiger partial charge in [-0.3, -0.25) is 0 Å². The minimum Gasteiger partial charge on any atom is -0.399 e. The highest BCUT2D eigenvalue weighted by Crippen LogP contribution is 2.36. The van der Waals surface area contributed by atoms with Gasteiger partial charge in [-0.1, -0.05) is 45.3 Å². The van der Waals surface area contributed by atoms with Crippen LogP contribution in [-0.2, 0) is 9.31 Å². The van der Waals surface area contributed by atoms with Gasteiger partial charge in [0, 0.05) is 0 Å². The lowest BCUT2D eigenvalue weighted by Gasteiger charge is -2.32. The molecule has 1 fully saturated rings. The molecule has 0 atom stereocenters. The summed E-state index contributed by atoms with van der Waals surface area (Å²) in [6, 6.07) is 2.40. The Kier molecular flexibility index (Phi) is 4.46. The number of hydrogen-bond donors (Lipinski definition) is 0. The first-order chi connectivity index (χ1) is 9.65. The van der Waals surface area contributed by atoms with Crippen LogP contribution >= 0.6 is 11.3 Å². The molecule has 2 nitrogen and oxygen atoms in total. The first-order valence-corrected chi connectivity index (χ1v) is 16.0. The molecule has 2 heterocycles. The number of hydrogen-bond acceptors (Lipinski definition) is 3. The molecule has 0 aromatic carbocycles. The van der Waals surface area contributed by atoms with E-state index in [1.165, 1.54) is 5.46 Å². The summed E-state index contributed by atoms with van der Waals surface area (Å²) < 4.78 is 15.8. The normalized spacial score (nSPS) is 21.5. The largest absolute Gasteiger partial charge is 0.495 e. The van der Waals surface area contributed by atoms with Crippen molar-refractivity contribution in [3.05, 3.63) is 6.07 Å². The molecule has 0 spiro atoms. The van der Waals surface area contributed by atoms with Gasteiger partial charge < -0.3 is 9.31 Å². The molecule has 1 aromatic rings. The molecule has 22 heavy (non-hydrogen) atoms. The van der Waals surface area contributed by atoms with Crippen LogP contribution in [0.2, 0.25) is 39.3 Å². The molecule has 0 unspecified atom stereocenters. The van der Waals surface area contributed by atoms with Gasteiger partial charge in [-0.25, -0.2) is 0 Å².